The molecule has 0 aliphatic carbocycles. The summed E-state index contributed by atoms with van der Waals surface area (Å²) in [5.41, 5.74) is 1.65. The van der Waals surface area contributed by atoms with Gasteiger partial charge in [-0.2, -0.15) is 0 Å². The lowest BCUT2D eigenvalue weighted by Gasteiger charge is -2.29. The van der Waals surface area contributed by atoms with Gasteiger partial charge in [0.25, 0.3) is 0 Å². The van der Waals surface area contributed by atoms with Crippen LogP contribution >= 0.6 is 0 Å². The van der Waals surface area contributed by atoms with E-state index in [9.17, 15) is 9.50 Å². The summed E-state index contributed by atoms with van der Waals surface area (Å²) < 4.78 is 19.0. The van der Waals surface area contributed by atoms with Gasteiger partial charge < -0.3 is 9.84 Å². The Bertz CT molecular complexity index is 554. The summed E-state index contributed by atoms with van der Waals surface area (Å²) in [6.07, 6.45) is -0.349. The topological polar surface area (TPSA) is 29.5 Å². The first-order valence-corrected chi connectivity index (χ1v) is 5.93. The Kier molecular flexibility index (Phi) is 2.76. The van der Waals surface area contributed by atoms with Crippen LogP contribution in [0.4, 0.5) is 4.39 Å². The first kappa shape index (κ1) is 11.2. The van der Waals surface area contributed by atoms with Gasteiger partial charge in [0.05, 0.1) is 6.10 Å². The third kappa shape index (κ3) is 1.97. The van der Waals surface area contributed by atoms with Crippen molar-refractivity contribution in [1.82, 2.24) is 0 Å². The second-order valence-corrected chi connectivity index (χ2v) is 4.45. The van der Waals surface area contributed by atoms with Gasteiger partial charge in [-0.3, -0.25) is 0 Å². The molecule has 0 radical (unpaired) electrons. The van der Waals surface area contributed by atoms with Crippen molar-refractivity contribution in [1.29, 1.82) is 0 Å². The van der Waals surface area contributed by atoms with Crippen LogP contribution in [-0.4, -0.2) is 5.11 Å². The van der Waals surface area contributed by atoms with Crippen LogP contribution < -0.4 is 4.74 Å². The molecule has 3 heteroatoms. The fourth-order valence-electron chi connectivity index (χ4n) is 2.29. The monoisotopic (exact) mass is 244 g/mol. The molecule has 1 aliphatic rings. The summed E-state index contributed by atoms with van der Waals surface area (Å²) in [7, 11) is 0. The van der Waals surface area contributed by atoms with E-state index >= 15 is 0 Å². The van der Waals surface area contributed by atoms with E-state index in [0.29, 0.717) is 17.7 Å². The van der Waals surface area contributed by atoms with Gasteiger partial charge in [0.15, 0.2) is 0 Å². The number of halogens is 1. The largest absolute Gasteiger partial charge is 0.485 e. The molecule has 2 unspecified atom stereocenters. The number of aliphatic hydroxyl groups is 1. The molecule has 3 rings (SSSR count). The molecule has 0 amide bonds. The van der Waals surface area contributed by atoms with Gasteiger partial charge in [-0.25, -0.2) is 4.39 Å². The molecule has 0 saturated heterocycles. The molecule has 1 aliphatic heterocycles. The first-order valence-electron chi connectivity index (χ1n) is 5.93. The van der Waals surface area contributed by atoms with Crippen LogP contribution in [0.5, 0.6) is 5.75 Å². The predicted octanol–water partition coefficient (Wildman–Crippen LogP) is 3.38. The van der Waals surface area contributed by atoms with Crippen LogP contribution in [0, 0.1) is 5.82 Å². The van der Waals surface area contributed by atoms with E-state index in [-0.39, 0.29) is 11.9 Å². The highest BCUT2D eigenvalue weighted by Gasteiger charge is 2.28. The number of hydrogen-bond acceptors (Lipinski definition) is 2. The van der Waals surface area contributed by atoms with Crippen molar-refractivity contribution in [3.05, 3.63) is 65.5 Å². The molecule has 18 heavy (non-hydrogen) atoms. The van der Waals surface area contributed by atoms with Gasteiger partial charge in [-0.1, -0.05) is 30.3 Å². The van der Waals surface area contributed by atoms with E-state index in [2.05, 4.69) is 0 Å². The Labute approximate surface area is 105 Å². The van der Waals surface area contributed by atoms with Gasteiger partial charge in [-0.05, 0) is 17.7 Å². The quantitative estimate of drug-likeness (QED) is 0.833. The molecular formula is C15H13FO2. The number of ether oxygens (including phenoxy) is 1. The fraction of sp³-hybridized carbons (Fsp3) is 0.200. The number of benzene rings is 2. The van der Waals surface area contributed by atoms with Crippen LogP contribution in [0.25, 0.3) is 0 Å². The molecule has 0 saturated carbocycles. The highest BCUT2D eigenvalue weighted by atomic mass is 19.1. The van der Waals surface area contributed by atoms with Crippen molar-refractivity contribution in [3.8, 4) is 5.75 Å². The lowest BCUT2D eigenvalue weighted by atomic mass is 9.95. The Hall–Kier alpha value is -1.87. The Morgan fingerprint density at radius 1 is 1.11 bits per heavy atom. The molecule has 0 spiro atoms. The van der Waals surface area contributed by atoms with Gasteiger partial charge in [0.2, 0.25) is 0 Å². The third-order valence-corrected chi connectivity index (χ3v) is 3.21. The second kappa shape index (κ2) is 4.42. The summed E-state index contributed by atoms with van der Waals surface area (Å²) in [4.78, 5) is 0. The standard InChI is InChI=1S/C15H13FO2/c16-11-6-7-12-13(17)9-14(18-15(12)8-11)10-4-2-1-3-5-10/h1-8,13-14,17H,9H2. The number of fused-ring (bicyclic) bond motifs is 1. The van der Waals surface area contributed by atoms with Gasteiger partial charge in [-0.15, -0.1) is 0 Å². The molecule has 0 aromatic heterocycles. The van der Waals surface area contributed by atoms with Crippen molar-refractivity contribution in [2.75, 3.05) is 0 Å². The van der Waals surface area contributed by atoms with Crippen molar-refractivity contribution in [2.24, 2.45) is 0 Å². The molecule has 2 aromatic rings. The van der Waals surface area contributed by atoms with Crippen LogP contribution in [0.15, 0.2) is 48.5 Å². The minimum Gasteiger partial charge on any atom is -0.485 e. The average Bonchev–Trinajstić information content (AvgIpc) is 2.39. The fourth-order valence-corrected chi connectivity index (χ4v) is 2.29. The maximum absolute atomic E-state index is 13.2. The molecule has 1 N–H and O–H groups in total. The minimum atomic E-state index is -0.612. The van der Waals surface area contributed by atoms with E-state index in [1.807, 2.05) is 30.3 Å². The van der Waals surface area contributed by atoms with Crippen LogP contribution in [0.1, 0.15) is 29.8 Å². The second-order valence-electron chi connectivity index (χ2n) is 4.45. The minimum absolute atomic E-state index is 0.226. The smallest absolute Gasteiger partial charge is 0.128 e. The normalized spacial score (nSPS) is 22.1. The van der Waals surface area contributed by atoms with Gasteiger partial charge in [0, 0.05) is 18.1 Å². The predicted molar refractivity (Wildman–Crippen MR) is 65.8 cm³/mol. The maximum Gasteiger partial charge on any atom is 0.128 e. The molecule has 1 heterocycles. The summed E-state index contributed by atoms with van der Waals surface area (Å²) >= 11 is 0. The zero-order valence-corrected chi connectivity index (χ0v) is 9.71. The molecule has 92 valence electrons. The van der Waals surface area contributed by atoms with Crippen LogP contribution in [0.3, 0.4) is 0 Å². The number of hydrogen-bond donors (Lipinski definition) is 1. The van der Waals surface area contributed by atoms with Crippen molar-refractivity contribution >= 4 is 0 Å². The average molecular weight is 244 g/mol. The van der Waals surface area contributed by atoms with E-state index in [0.717, 1.165) is 5.56 Å². The first-order chi connectivity index (χ1) is 8.74. The van der Waals surface area contributed by atoms with Gasteiger partial charge >= 0.3 is 0 Å². The highest BCUT2D eigenvalue weighted by Crippen LogP contribution is 2.40. The van der Waals surface area contributed by atoms with Crippen molar-refractivity contribution in [3.63, 3.8) is 0 Å². The zero-order chi connectivity index (χ0) is 12.5. The van der Waals surface area contributed by atoms with Crippen molar-refractivity contribution < 1.29 is 14.2 Å². The summed E-state index contributed by atoms with van der Waals surface area (Å²) in [5.74, 6) is 0.0808. The van der Waals surface area contributed by atoms with E-state index in [1.54, 1.807) is 6.07 Å². The number of aliphatic hydroxyl groups excluding tert-OH is 1. The maximum atomic E-state index is 13.2. The van der Waals surface area contributed by atoms with Crippen LogP contribution in [0.2, 0.25) is 0 Å². The van der Waals surface area contributed by atoms with E-state index in [4.69, 9.17) is 4.74 Å². The highest BCUT2D eigenvalue weighted by molar-refractivity contribution is 5.38. The molecule has 2 aromatic carbocycles. The summed E-state index contributed by atoms with van der Waals surface area (Å²) in [6, 6.07) is 13.9. The van der Waals surface area contributed by atoms with Gasteiger partial charge in [0.1, 0.15) is 17.7 Å². The molecular weight excluding hydrogens is 231 g/mol. The van der Waals surface area contributed by atoms with E-state index in [1.165, 1.54) is 12.1 Å². The van der Waals surface area contributed by atoms with E-state index < -0.39 is 6.10 Å². The Balaban J connectivity index is 1.96. The lowest BCUT2D eigenvalue weighted by molar-refractivity contribution is 0.0654. The molecule has 0 bridgehead atoms. The van der Waals surface area contributed by atoms with Crippen LogP contribution in [-0.2, 0) is 0 Å². The summed E-state index contributed by atoms with van der Waals surface area (Å²) in [6.45, 7) is 0. The Morgan fingerprint density at radius 2 is 1.89 bits per heavy atom. The zero-order valence-electron chi connectivity index (χ0n) is 9.71. The van der Waals surface area contributed by atoms with Crippen molar-refractivity contribution in [2.45, 2.75) is 18.6 Å². The summed E-state index contributed by atoms with van der Waals surface area (Å²) in [5, 5.41) is 10.1. The SMILES string of the molecule is OC1CC(c2ccccc2)Oc2cc(F)ccc21. The molecule has 0 fully saturated rings. The Morgan fingerprint density at radius 3 is 2.67 bits per heavy atom. The number of rotatable bonds is 1. The lowest BCUT2D eigenvalue weighted by Crippen LogP contribution is -2.19. The third-order valence-electron chi connectivity index (χ3n) is 3.21. The molecule has 2 atom stereocenters. The molecule has 2 nitrogen and oxygen atoms in total.